The SMILES string of the molecule is CC1CCCN1c1ncccc1CN. The average molecular weight is 191 g/mol. The van der Waals surface area contributed by atoms with Crippen LogP contribution in [0.15, 0.2) is 18.3 Å². The number of nitrogens with zero attached hydrogens (tertiary/aromatic N) is 2. The molecule has 1 atom stereocenters. The van der Waals surface area contributed by atoms with Crippen LogP contribution in [0.5, 0.6) is 0 Å². The summed E-state index contributed by atoms with van der Waals surface area (Å²) in [5.41, 5.74) is 6.85. The second kappa shape index (κ2) is 3.96. The van der Waals surface area contributed by atoms with Crippen LogP contribution in [0.3, 0.4) is 0 Å². The number of anilines is 1. The van der Waals surface area contributed by atoms with Crippen molar-refractivity contribution in [2.75, 3.05) is 11.4 Å². The molecule has 1 aliphatic heterocycles. The number of hydrogen-bond acceptors (Lipinski definition) is 3. The Bertz CT molecular complexity index is 311. The van der Waals surface area contributed by atoms with Crippen LogP contribution in [-0.2, 0) is 6.54 Å². The van der Waals surface area contributed by atoms with Crippen molar-refractivity contribution in [1.82, 2.24) is 4.98 Å². The number of nitrogens with two attached hydrogens (primary N) is 1. The molecule has 1 saturated heterocycles. The van der Waals surface area contributed by atoms with Gasteiger partial charge < -0.3 is 10.6 Å². The maximum absolute atomic E-state index is 5.70. The molecule has 0 aromatic carbocycles. The molecule has 3 heteroatoms. The summed E-state index contributed by atoms with van der Waals surface area (Å²) in [7, 11) is 0. The Kier molecular flexibility index (Phi) is 2.68. The van der Waals surface area contributed by atoms with Crippen molar-refractivity contribution in [1.29, 1.82) is 0 Å². The van der Waals surface area contributed by atoms with Gasteiger partial charge in [0.05, 0.1) is 0 Å². The van der Waals surface area contributed by atoms with Crippen LogP contribution in [0, 0.1) is 0 Å². The number of aromatic nitrogens is 1. The van der Waals surface area contributed by atoms with Crippen LogP contribution in [0.2, 0.25) is 0 Å². The molecule has 1 aliphatic rings. The van der Waals surface area contributed by atoms with E-state index in [0.717, 1.165) is 17.9 Å². The normalized spacial score (nSPS) is 21.6. The van der Waals surface area contributed by atoms with Gasteiger partial charge in [-0.2, -0.15) is 0 Å². The Morgan fingerprint density at radius 2 is 2.50 bits per heavy atom. The van der Waals surface area contributed by atoms with Gasteiger partial charge in [-0.1, -0.05) is 6.07 Å². The van der Waals surface area contributed by atoms with Gasteiger partial charge in [0.2, 0.25) is 0 Å². The highest BCUT2D eigenvalue weighted by Crippen LogP contribution is 2.25. The molecule has 2 N–H and O–H groups in total. The predicted molar refractivity (Wildman–Crippen MR) is 58.2 cm³/mol. The Labute approximate surface area is 84.9 Å². The minimum Gasteiger partial charge on any atom is -0.354 e. The smallest absolute Gasteiger partial charge is 0.133 e. The summed E-state index contributed by atoms with van der Waals surface area (Å²) in [6, 6.07) is 4.62. The van der Waals surface area contributed by atoms with E-state index in [1.165, 1.54) is 12.8 Å². The second-order valence-corrected chi connectivity index (χ2v) is 3.87. The van der Waals surface area contributed by atoms with Crippen LogP contribution in [0.4, 0.5) is 5.82 Å². The van der Waals surface area contributed by atoms with Gasteiger partial charge in [0, 0.05) is 30.9 Å². The fourth-order valence-electron chi connectivity index (χ4n) is 2.10. The molecule has 2 heterocycles. The van der Waals surface area contributed by atoms with E-state index in [9.17, 15) is 0 Å². The molecule has 0 amide bonds. The quantitative estimate of drug-likeness (QED) is 0.770. The van der Waals surface area contributed by atoms with Crippen molar-refractivity contribution in [2.45, 2.75) is 32.4 Å². The van der Waals surface area contributed by atoms with E-state index in [0.29, 0.717) is 12.6 Å². The second-order valence-electron chi connectivity index (χ2n) is 3.87. The predicted octanol–water partition coefficient (Wildman–Crippen LogP) is 1.53. The van der Waals surface area contributed by atoms with Gasteiger partial charge in [-0.15, -0.1) is 0 Å². The minimum absolute atomic E-state index is 0.576. The van der Waals surface area contributed by atoms with Crippen LogP contribution in [-0.4, -0.2) is 17.6 Å². The number of rotatable bonds is 2. The number of pyridine rings is 1. The average Bonchev–Trinajstić information content (AvgIpc) is 2.64. The molecular weight excluding hydrogens is 174 g/mol. The van der Waals surface area contributed by atoms with Crippen molar-refractivity contribution in [3.8, 4) is 0 Å². The molecule has 1 unspecified atom stereocenters. The lowest BCUT2D eigenvalue weighted by molar-refractivity contribution is 0.722. The zero-order valence-electron chi connectivity index (χ0n) is 8.61. The molecule has 0 saturated carbocycles. The summed E-state index contributed by atoms with van der Waals surface area (Å²) >= 11 is 0. The first-order valence-corrected chi connectivity index (χ1v) is 5.23. The first-order chi connectivity index (χ1) is 6.83. The molecule has 76 valence electrons. The van der Waals surface area contributed by atoms with Crippen molar-refractivity contribution in [3.63, 3.8) is 0 Å². The van der Waals surface area contributed by atoms with E-state index < -0.39 is 0 Å². The highest BCUT2D eigenvalue weighted by atomic mass is 15.2. The summed E-state index contributed by atoms with van der Waals surface area (Å²) < 4.78 is 0. The third-order valence-electron chi connectivity index (χ3n) is 2.91. The summed E-state index contributed by atoms with van der Waals surface area (Å²) in [6.45, 7) is 3.94. The Morgan fingerprint density at radius 3 is 3.14 bits per heavy atom. The maximum atomic E-state index is 5.70. The molecule has 3 nitrogen and oxygen atoms in total. The standard InChI is InChI=1S/C11H17N3/c1-9-4-3-7-14(9)11-10(8-12)5-2-6-13-11/h2,5-6,9H,3-4,7-8,12H2,1H3. The van der Waals surface area contributed by atoms with Gasteiger partial charge in [-0.25, -0.2) is 4.98 Å². The fraction of sp³-hybridized carbons (Fsp3) is 0.545. The third-order valence-corrected chi connectivity index (χ3v) is 2.91. The first kappa shape index (κ1) is 9.46. The summed E-state index contributed by atoms with van der Waals surface area (Å²) in [5, 5.41) is 0. The molecule has 0 bridgehead atoms. The summed E-state index contributed by atoms with van der Waals surface area (Å²) in [6.07, 6.45) is 4.38. The van der Waals surface area contributed by atoms with Crippen LogP contribution in [0.1, 0.15) is 25.3 Å². The van der Waals surface area contributed by atoms with Crippen LogP contribution >= 0.6 is 0 Å². The molecule has 1 fully saturated rings. The molecule has 1 aromatic rings. The summed E-state index contributed by atoms with van der Waals surface area (Å²) in [5.74, 6) is 1.08. The molecule has 2 rings (SSSR count). The third kappa shape index (κ3) is 1.60. The van der Waals surface area contributed by atoms with E-state index in [2.05, 4.69) is 22.9 Å². The lowest BCUT2D eigenvalue weighted by Crippen LogP contribution is -2.28. The molecule has 14 heavy (non-hydrogen) atoms. The lowest BCUT2D eigenvalue weighted by atomic mass is 10.2. The first-order valence-electron chi connectivity index (χ1n) is 5.23. The fourth-order valence-corrected chi connectivity index (χ4v) is 2.10. The van der Waals surface area contributed by atoms with Crippen LogP contribution in [0.25, 0.3) is 0 Å². The molecule has 0 spiro atoms. The highest BCUT2D eigenvalue weighted by molar-refractivity contribution is 5.48. The molecule has 0 radical (unpaired) electrons. The van der Waals surface area contributed by atoms with Gasteiger partial charge >= 0.3 is 0 Å². The Balaban J connectivity index is 2.30. The van der Waals surface area contributed by atoms with Gasteiger partial charge in [-0.3, -0.25) is 0 Å². The topological polar surface area (TPSA) is 42.2 Å². The number of hydrogen-bond donors (Lipinski definition) is 1. The van der Waals surface area contributed by atoms with E-state index in [1.54, 1.807) is 0 Å². The molecule has 1 aromatic heterocycles. The van der Waals surface area contributed by atoms with E-state index in [4.69, 9.17) is 5.73 Å². The molecular formula is C11H17N3. The molecule has 0 aliphatic carbocycles. The van der Waals surface area contributed by atoms with Crippen molar-refractivity contribution >= 4 is 5.82 Å². The van der Waals surface area contributed by atoms with Crippen molar-refractivity contribution < 1.29 is 0 Å². The van der Waals surface area contributed by atoms with Crippen molar-refractivity contribution in [3.05, 3.63) is 23.9 Å². The lowest BCUT2D eigenvalue weighted by Gasteiger charge is -2.24. The summed E-state index contributed by atoms with van der Waals surface area (Å²) in [4.78, 5) is 6.79. The van der Waals surface area contributed by atoms with E-state index >= 15 is 0 Å². The van der Waals surface area contributed by atoms with E-state index in [1.807, 2.05) is 12.3 Å². The Hall–Kier alpha value is -1.09. The maximum Gasteiger partial charge on any atom is 0.133 e. The van der Waals surface area contributed by atoms with Crippen molar-refractivity contribution in [2.24, 2.45) is 5.73 Å². The van der Waals surface area contributed by atoms with Gasteiger partial charge in [0.15, 0.2) is 0 Å². The zero-order chi connectivity index (χ0) is 9.97. The Morgan fingerprint density at radius 1 is 1.64 bits per heavy atom. The van der Waals surface area contributed by atoms with Gasteiger partial charge in [-0.05, 0) is 25.8 Å². The van der Waals surface area contributed by atoms with Gasteiger partial charge in [0.25, 0.3) is 0 Å². The van der Waals surface area contributed by atoms with Crippen LogP contribution < -0.4 is 10.6 Å². The monoisotopic (exact) mass is 191 g/mol. The highest BCUT2D eigenvalue weighted by Gasteiger charge is 2.22. The minimum atomic E-state index is 0.576. The van der Waals surface area contributed by atoms with E-state index in [-0.39, 0.29) is 0 Å². The van der Waals surface area contributed by atoms with Gasteiger partial charge in [0.1, 0.15) is 5.82 Å². The largest absolute Gasteiger partial charge is 0.354 e. The zero-order valence-corrected chi connectivity index (χ0v) is 8.61.